The summed E-state index contributed by atoms with van der Waals surface area (Å²) in [5.74, 6) is -0.0671. The summed E-state index contributed by atoms with van der Waals surface area (Å²) in [7, 11) is 0. The lowest BCUT2D eigenvalue weighted by Gasteiger charge is -2.33. The van der Waals surface area contributed by atoms with Crippen molar-refractivity contribution in [2.24, 2.45) is 0 Å². The van der Waals surface area contributed by atoms with E-state index in [-0.39, 0.29) is 22.0 Å². The normalized spacial score (nSPS) is 18.2. The maximum Gasteiger partial charge on any atom is 0.573 e. The van der Waals surface area contributed by atoms with Crippen molar-refractivity contribution >= 4 is 22.0 Å². The number of rotatable bonds is 6. The third kappa shape index (κ3) is 9.12. The number of piperidine rings is 1. The first-order valence-corrected chi connectivity index (χ1v) is 10.1. The van der Waals surface area contributed by atoms with Crippen molar-refractivity contribution in [2.45, 2.75) is 51.6 Å². The molecule has 10 heteroatoms. The van der Waals surface area contributed by atoms with E-state index in [9.17, 15) is 18.0 Å². The van der Waals surface area contributed by atoms with E-state index in [0.29, 0.717) is 19.7 Å². The van der Waals surface area contributed by atoms with Gasteiger partial charge in [0.2, 0.25) is 0 Å². The molecule has 0 spiro atoms. The highest BCUT2D eigenvalue weighted by Crippen LogP contribution is 2.33. The molecular weight excluding hydrogens is 457 g/mol. The van der Waals surface area contributed by atoms with E-state index in [0.717, 1.165) is 19.4 Å². The molecule has 1 amide bonds. The van der Waals surface area contributed by atoms with Gasteiger partial charge < -0.3 is 19.5 Å². The van der Waals surface area contributed by atoms with Gasteiger partial charge in [0.05, 0.1) is 4.47 Å². The third-order valence-electron chi connectivity index (χ3n) is 4.03. The Hall–Kier alpha value is -1.68. The van der Waals surface area contributed by atoms with Crippen molar-refractivity contribution < 1.29 is 32.2 Å². The fourth-order valence-electron chi connectivity index (χ4n) is 2.92. The van der Waals surface area contributed by atoms with Gasteiger partial charge in [0.15, 0.2) is 0 Å². The Labute approximate surface area is 176 Å². The van der Waals surface area contributed by atoms with Crippen molar-refractivity contribution in [3.63, 3.8) is 0 Å². The van der Waals surface area contributed by atoms with Gasteiger partial charge in [-0.25, -0.2) is 4.79 Å². The summed E-state index contributed by atoms with van der Waals surface area (Å²) in [6, 6.07) is 4.19. The predicted octanol–water partition coefficient (Wildman–Crippen LogP) is 4.72. The topological polar surface area (TPSA) is 60.0 Å². The second-order valence-corrected chi connectivity index (χ2v) is 8.63. The number of halogens is 4. The highest BCUT2D eigenvalue weighted by atomic mass is 79.9. The van der Waals surface area contributed by atoms with E-state index in [1.807, 2.05) is 20.8 Å². The molecule has 1 aromatic carbocycles. The van der Waals surface area contributed by atoms with Crippen molar-refractivity contribution in [1.29, 1.82) is 0 Å². The van der Waals surface area contributed by atoms with Gasteiger partial charge >= 0.3 is 12.5 Å². The van der Waals surface area contributed by atoms with Gasteiger partial charge in [-0.1, -0.05) is 0 Å². The maximum absolute atomic E-state index is 12.4. The lowest BCUT2D eigenvalue weighted by Crippen LogP contribution is -2.49. The lowest BCUT2D eigenvalue weighted by molar-refractivity contribution is -0.274. The molecule has 1 atom stereocenters. The molecule has 0 aromatic heterocycles. The summed E-state index contributed by atoms with van der Waals surface area (Å²) in [6.07, 6.45) is -3.43. The molecule has 0 saturated carbocycles. The van der Waals surface area contributed by atoms with Crippen LogP contribution in [0.25, 0.3) is 0 Å². The van der Waals surface area contributed by atoms with Crippen LogP contribution < -0.4 is 14.8 Å². The van der Waals surface area contributed by atoms with Gasteiger partial charge in [-0.15, -0.1) is 13.2 Å². The van der Waals surface area contributed by atoms with Crippen molar-refractivity contribution in [3.05, 3.63) is 22.7 Å². The Morgan fingerprint density at radius 3 is 2.69 bits per heavy atom. The molecule has 1 aromatic rings. The average molecular weight is 483 g/mol. The van der Waals surface area contributed by atoms with Crippen molar-refractivity contribution in [1.82, 2.24) is 10.2 Å². The number of amides is 1. The summed E-state index contributed by atoms with van der Waals surface area (Å²) in [5, 5.41) is 2.88. The quantitative estimate of drug-likeness (QED) is 0.635. The summed E-state index contributed by atoms with van der Waals surface area (Å²) < 4.78 is 52.3. The number of carbonyl (C=O) groups is 1. The Balaban J connectivity index is 1.80. The van der Waals surface area contributed by atoms with Crippen LogP contribution in [0.2, 0.25) is 0 Å². The van der Waals surface area contributed by atoms with Crippen molar-refractivity contribution in [2.75, 3.05) is 26.2 Å². The van der Waals surface area contributed by atoms with Gasteiger partial charge in [-0.05, 0) is 68.2 Å². The minimum Gasteiger partial charge on any atom is -0.492 e. The van der Waals surface area contributed by atoms with Gasteiger partial charge in [0.1, 0.15) is 23.7 Å². The largest absolute Gasteiger partial charge is 0.573 e. The number of nitrogens with zero attached hydrogens (tertiary/aromatic N) is 1. The van der Waals surface area contributed by atoms with Crippen LogP contribution >= 0.6 is 15.9 Å². The lowest BCUT2D eigenvalue weighted by atomic mass is 10.1. The first-order valence-electron chi connectivity index (χ1n) is 9.31. The van der Waals surface area contributed by atoms with Crippen LogP contribution in [0.3, 0.4) is 0 Å². The smallest absolute Gasteiger partial charge is 0.492 e. The van der Waals surface area contributed by atoms with Gasteiger partial charge in [-0.2, -0.15) is 0 Å². The Morgan fingerprint density at radius 1 is 1.31 bits per heavy atom. The van der Waals surface area contributed by atoms with Crippen LogP contribution in [0.4, 0.5) is 18.0 Å². The van der Waals surface area contributed by atoms with Crippen LogP contribution in [-0.4, -0.2) is 55.2 Å². The first-order chi connectivity index (χ1) is 13.4. The fraction of sp³-hybridized carbons (Fsp3) is 0.632. The van der Waals surface area contributed by atoms with Crippen molar-refractivity contribution in [3.8, 4) is 11.5 Å². The number of alkyl carbamates (subject to hydrolysis) is 1. The summed E-state index contributed by atoms with van der Waals surface area (Å²) in [5.41, 5.74) is -0.550. The van der Waals surface area contributed by atoms with E-state index in [1.165, 1.54) is 12.1 Å². The summed E-state index contributed by atoms with van der Waals surface area (Å²) in [6.45, 7) is 7.83. The second-order valence-electron chi connectivity index (χ2n) is 7.77. The van der Waals surface area contributed by atoms with E-state index < -0.39 is 18.1 Å². The summed E-state index contributed by atoms with van der Waals surface area (Å²) in [4.78, 5) is 14.1. The molecule has 1 aliphatic heterocycles. The minimum absolute atomic E-state index is 0.0157. The maximum atomic E-state index is 12.4. The van der Waals surface area contributed by atoms with Crippen LogP contribution in [0, 0.1) is 0 Å². The van der Waals surface area contributed by atoms with E-state index in [2.05, 4.69) is 30.9 Å². The zero-order valence-corrected chi connectivity index (χ0v) is 18.2. The number of nitrogens with one attached hydrogen (secondary N) is 1. The Morgan fingerprint density at radius 2 is 2.03 bits per heavy atom. The molecule has 0 aliphatic carbocycles. The summed E-state index contributed by atoms with van der Waals surface area (Å²) >= 11 is 3.02. The molecule has 6 nitrogen and oxygen atoms in total. The number of hydrogen-bond acceptors (Lipinski definition) is 5. The highest BCUT2D eigenvalue weighted by molar-refractivity contribution is 9.10. The third-order valence-corrected chi connectivity index (χ3v) is 4.69. The number of benzene rings is 1. The number of hydrogen-bond donors (Lipinski definition) is 1. The standard InChI is InChI=1S/C19H26BrF3N2O4/c1-18(2,3)29-17(26)24-13-5-4-8-25(12-13)9-10-27-14-6-7-15(20)16(11-14)28-19(21,22)23/h6-7,11,13H,4-5,8-10,12H2,1-3H3,(H,24,26)/t13-/m0/s1. The number of ether oxygens (including phenoxy) is 3. The van der Waals surface area contributed by atoms with Crippen LogP contribution in [0.15, 0.2) is 22.7 Å². The molecule has 1 heterocycles. The number of likely N-dealkylation sites (tertiary alicyclic amines) is 1. The molecule has 1 N–H and O–H groups in total. The van der Waals surface area contributed by atoms with E-state index in [4.69, 9.17) is 9.47 Å². The molecule has 29 heavy (non-hydrogen) atoms. The zero-order chi connectivity index (χ0) is 21.7. The van der Waals surface area contributed by atoms with Crippen LogP contribution in [-0.2, 0) is 4.74 Å². The molecule has 1 aliphatic rings. The van der Waals surface area contributed by atoms with Gasteiger partial charge in [0, 0.05) is 25.2 Å². The molecular formula is C19H26BrF3N2O4. The SMILES string of the molecule is CC(C)(C)OC(=O)N[C@H]1CCCN(CCOc2ccc(Br)c(OC(F)(F)F)c2)C1. The van der Waals surface area contributed by atoms with E-state index in [1.54, 1.807) is 6.07 Å². The molecule has 0 radical (unpaired) electrons. The Kier molecular flexibility index (Phi) is 8.04. The molecule has 1 fully saturated rings. The molecule has 164 valence electrons. The van der Waals surface area contributed by atoms with Crippen LogP contribution in [0.5, 0.6) is 11.5 Å². The second kappa shape index (κ2) is 9.88. The number of carbonyl (C=O) groups excluding carboxylic acids is 1. The fourth-order valence-corrected chi connectivity index (χ4v) is 3.25. The number of alkyl halides is 3. The van der Waals surface area contributed by atoms with Gasteiger partial charge in [0.25, 0.3) is 0 Å². The van der Waals surface area contributed by atoms with Crippen LogP contribution in [0.1, 0.15) is 33.6 Å². The van der Waals surface area contributed by atoms with Gasteiger partial charge in [-0.3, -0.25) is 4.90 Å². The monoisotopic (exact) mass is 482 g/mol. The highest BCUT2D eigenvalue weighted by Gasteiger charge is 2.32. The molecule has 2 rings (SSSR count). The zero-order valence-electron chi connectivity index (χ0n) is 16.6. The Bertz CT molecular complexity index is 695. The molecule has 1 saturated heterocycles. The minimum atomic E-state index is -4.77. The van der Waals surface area contributed by atoms with E-state index >= 15 is 0 Å². The molecule has 0 bridgehead atoms. The predicted molar refractivity (Wildman–Crippen MR) is 105 cm³/mol. The first kappa shape index (κ1) is 23.6. The average Bonchev–Trinajstić information content (AvgIpc) is 2.55. The molecule has 0 unspecified atom stereocenters.